The van der Waals surface area contributed by atoms with Crippen LogP contribution in [0.3, 0.4) is 0 Å². The number of phenols is 1. The molecule has 1 aliphatic heterocycles. The molecule has 0 bridgehead atoms. The molecule has 1 amide bonds. The smallest absolute Gasteiger partial charge is 0.257 e. The number of amides is 1. The molecule has 1 fully saturated rings. The van der Waals surface area contributed by atoms with Gasteiger partial charge in [-0.05, 0) is 51.2 Å². The third-order valence-corrected chi connectivity index (χ3v) is 4.51. The van der Waals surface area contributed by atoms with Crippen LogP contribution in [-0.2, 0) is 0 Å². The summed E-state index contributed by atoms with van der Waals surface area (Å²) in [5.74, 6) is -0.120. The monoisotopic (exact) mass is 299 g/mol. The van der Waals surface area contributed by atoms with Gasteiger partial charge in [0, 0.05) is 24.7 Å². The molecule has 5 nitrogen and oxygen atoms in total. The largest absolute Gasteiger partial charge is 0.507 e. The second-order valence-corrected chi connectivity index (χ2v) is 6.02. The summed E-state index contributed by atoms with van der Waals surface area (Å²) in [6, 6.07) is 7.20. The lowest BCUT2D eigenvalue weighted by Crippen LogP contribution is -2.44. The summed E-state index contributed by atoms with van der Waals surface area (Å²) < 4.78 is 0. The van der Waals surface area contributed by atoms with Gasteiger partial charge in [-0.15, -0.1) is 0 Å². The van der Waals surface area contributed by atoms with Gasteiger partial charge in [-0.25, -0.2) is 0 Å². The molecule has 5 heteroatoms. The van der Waals surface area contributed by atoms with E-state index >= 15 is 0 Å². The zero-order valence-corrected chi connectivity index (χ0v) is 13.0. The van der Waals surface area contributed by atoms with Crippen LogP contribution in [0.2, 0.25) is 0 Å². The van der Waals surface area contributed by atoms with Crippen LogP contribution in [0.4, 0.5) is 0 Å². The fourth-order valence-corrected chi connectivity index (χ4v) is 3.02. The number of fused-ring (bicyclic) bond motifs is 1. The van der Waals surface area contributed by atoms with Crippen LogP contribution in [0.1, 0.15) is 23.2 Å². The highest BCUT2D eigenvalue weighted by Gasteiger charge is 2.26. The highest BCUT2D eigenvalue weighted by molar-refractivity contribution is 6.00. The molecule has 2 aromatic rings. The number of piperidine rings is 1. The fourth-order valence-electron chi connectivity index (χ4n) is 3.02. The van der Waals surface area contributed by atoms with Crippen molar-refractivity contribution in [2.75, 3.05) is 27.2 Å². The second-order valence-electron chi connectivity index (χ2n) is 6.02. The predicted molar refractivity (Wildman–Crippen MR) is 86.0 cm³/mol. The number of nitrogens with zero attached hydrogens (tertiary/aromatic N) is 3. The lowest BCUT2D eigenvalue weighted by Gasteiger charge is -2.35. The summed E-state index contributed by atoms with van der Waals surface area (Å²) >= 11 is 0. The molecule has 0 unspecified atom stereocenters. The Morgan fingerprint density at radius 1 is 1.36 bits per heavy atom. The maximum absolute atomic E-state index is 12.7. The SMILES string of the molecule is CN1CCC(N(C)C(=O)c2cc3ncccc3cc2O)CC1. The molecule has 0 saturated carbocycles. The minimum absolute atomic E-state index is 0.0188. The molecular formula is C17H21N3O2. The molecule has 0 aliphatic carbocycles. The van der Waals surface area contributed by atoms with Gasteiger partial charge < -0.3 is 14.9 Å². The van der Waals surface area contributed by atoms with Gasteiger partial charge in [0.25, 0.3) is 5.91 Å². The van der Waals surface area contributed by atoms with Crippen molar-refractivity contribution < 1.29 is 9.90 Å². The Labute approximate surface area is 130 Å². The Bertz CT molecular complexity index is 693. The van der Waals surface area contributed by atoms with E-state index in [1.165, 1.54) is 0 Å². The summed E-state index contributed by atoms with van der Waals surface area (Å²) in [7, 11) is 3.92. The topological polar surface area (TPSA) is 56.7 Å². The van der Waals surface area contributed by atoms with Gasteiger partial charge in [0.2, 0.25) is 0 Å². The average molecular weight is 299 g/mol. The normalized spacial score (nSPS) is 16.8. The van der Waals surface area contributed by atoms with E-state index in [9.17, 15) is 9.90 Å². The maximum atomic E-state index is 12.7. The molecule has 1 aromatic carbocycles. The quantitative estimate of drug-likeness (QED) is 0.922. The number of hydrogen-bond acceptors (Lipinski definition) is 4. The minimum Gasteiger partial charge on any atom is -0.507 e. The minimum atomic E-state index is -0.139. The zero-order chi connectivity index (χ0) is 15.7. The van der Waals surface area contributed by atoms with Crippen LogP contribution >= 0.6 is 0 Å². The van der Waals surface area contributed by atoms with E-state index < -0.39 is 0 Å². The molecular weight excluding hydrogens is 278 g/mol. The second kappa shape index (κ2) is 5.93. The van der Waals surface area contributed by atoms with Crippen molar-refractivity contribution in [1.82, 2.24) is 14.8 Å². The summed E-state index contributed by atoms with van der Waals surface area (Å²) in [6.45, 7) is 1.99. The van der Waals surface area contributed by atoms with Gasteiger partial charge in [-0.1, -0.05) is 6.07 Å². The van der Waals surface area contributed by atoms with Crippen LogP contribution in [-0.4, -0.2) is 59.0 Å². The number of rotatable bonds is 2. The number of pyridine rings is 1. The Hall–Kier alpha value is -2.14. The van der Waals surface area contributed by atoms with E-state index in [0.29, 0.717) is 5.56 Å². The van der Waals surface area contributed by atoms with Crippen LogP contribution in [0, 0.1) is 0 Å². The fraction of sp³-hybridized carbons (Fsp3) is 0.412. The summed E-state index contributed by atoms with van der Waals surface area (Å²) in [5.41, 5.74) is 1.05. The molecule has 2 heterocycles. The van der Waals surface area contributed by atoms with E-state index in [-0.39, 0.29) is 17.7 Å². The molecule has 0 radical (unpaired) electrons. The lowest BCUT2D eigenvalue weighted by atomic mass is 10.0. The standard InChI is InChI=1S/C17H21N3O2/c1-19-8-5-13(6-9-19)20(2)17(22)14-11-15-12(10-16(14)21)4-3-7-18-15/h3-4,7,10-11,13,21H,5-6,8-9H2,1-2H3. The maximum Gasteiger partial charge on any atom is 0.257 e. The van der Waals surface area contributed by atoms with Crippen LogP contribution in [0.5, 0.6) is 5.75 Å². The van der Waals surface area contributed by atoms with E-state index in [4.69, 9.17) is 0 Å². The van der Waals surface area contributed by atoms with Crippen molar-refractivity contribution in [3.8, 4) is 5.75 Å². The lowest BCUT2D eigenvalue weighted by molar-refractivity contribution is 0.0657. The first-order valence-corrected chi connectivity index (χ1v) is 7.59. The molecule has 1 N–H and O–H groups in total. The number of phenolic OH excluding ortho intramolecular Hbond substituents is 1. The van der Waals surface area contributed by atoms with Gasteiger partial charge in [0.15, 0.2) is 0 Å². The Kier molecular flexibility index (Phi) is 3.98. The number of carbonyl (C=O) groups is 1. The van der Waals surface area contributed by atoms with Crippen molar-refractivity contribution in [3.05, 3.63) is 36.0 Å². The van der Waals surface area contributed by atoms with Crippen molar-refractivity contribution in [1.29, 1.82) is 0 Å². The molecule has 22 heavy (non-hydrogen) atoms. The Morgan fingerprint density at radius 3 is 2.82 bits per heavy atom. The van der Waals surface area contributed by atoms with Crippen molar-refractivity contribution in [3.63, 3.8) is 0 Å². The first-order valence-electron chi connectivity index (χ1n) is 7.59. The molecule has 0 atom stereocenters. The predicted octanol–water partition coefficient (Wildman–Crippen LogP) is 2.11. The van der Waals surface area contributed by atoms with E-state index in [2.05, 4.69) is 16.9 Å². The number of hydrogen-bond donors (Lipinski definition) is 1. The van der Waals surface area contributed by atoms with Gasteiger partial charge >= 0.3 is 0 Å². The van der Waals surface area contributed by atoms with E-state index in [1.807, 2.05) is 19.2 Å². The van der Waals surface area contributed by atoms with Crippen LogP contribution < -0.4 is 0 Å². The van der Waals surface area contributed by atoms with Crippen molar-refractivity contribution in [2.24, 2.45) is 0 Å². The summed E-state index contributed by atoms with van der Waals surface area (Å²) in [5, 5.41) is 11.0. The van der Waals surface area contributed by atoms with E-state index in [0.717, 1.165) is 36.8 Å². The molecule has 1 saturated heterocycles. The summed E-state index contributed by atoms with van der Waals surface area (Å²) in [6.07, 6.45) is 3.62. The highest BCUT2D eigenvalue weighted by atomic mass is 16.3. The number of likely N-dealkylation sites (tertiary alicyclic amines) is 1. The molecule has 116 valence electrons. The van der Waals surface area contributed by atoms with E-state index in [1.54, 1.807) is 23.2 Å². The first kappa shape index (κ1) is 14.8. The van der Waals surface area contributed by atoms with Gasteiger partial charge in [-0.2, -0.15) is 0 Å². The molecule has 0 spiro atoms. The number of aromatic nitrogens is 1. The van der Waals surface area contributed by atoms with Gasteiger partial charge in [0.05, 0.1) is 11.1 Å². The zero-order valence-electron chi connectivity index (χ0n) is 13.0. The number of benzene rings is 1. The third-order valence-electron chi connectivity index (χ3n) is 4.51. The number of aromatic hydroxyl groups is 1. The van der Waals surface area contributed by atoms with Gasteiger partial charge in [-0.3, -0.25) is 9.78 Å². The highest BCUT2D eigenvalue weighted by Crippen LogP contribution is 2.26. The Morgan fingerprint density at radius 2 is 2.09 bits per heavy atom. The molecule has 1 aliphatic rings. The van der Waals surface area contributed by atoms with Gasteiger partial charge in [0.1, 0.15) is 5.75 Å². The van der Waals surface area contributed by atoms with Crippen molar-refractivity contribution in [2.45, 2.75) is 18.9 Å². The summed E-state index contributed by atoms with van der Waals surface area (Å²) in [4.78, 5) is 21.0. The van der Waals surface area contributed by atoms with Crippen LogP contribution in [0.25, 0.3) is 10.9 Å². The first-order chi connectivity index (χ1) is 10.6. The molecule has 3 rings (SSSR count). The third kappa shape index (κ3) is 2.76. The van der Waals surface area contributed by atoms with Crippen LogP contribution in [0.15, 0.2) is 30.5 Å². The average Bonchev–Trinajstić information content (AvgIpc) is 2.53. The molecule has 1 aromatic heterocycles. The number of carbonyl (C=O) groups excluding carboxylic acids is 1. The Balaban J connectivity index is 1.86. The van der Waals surface area contributed by atoms with Crippen molar-refractivity contribution >= 4 is 16.8 Å².